The molecule has 0 saturated heterocycles. The van der Waals surface area contributed by atoms with Crippen molar-refractivity contribution < 1.29 is 0 Å². The van der Waals surface area contributed by atoms with E-state index in [1.807, 2.05) is 24.0 Å². The molecule has 1 aromatic heterocycles. The van der Waals surface area contributed by atoms with Crippen LogP contribution in [-0.4, -0.2) is 10.7 Å². The van der Waals surface area contributed by atoms with Crippen LogP contribution in [0.4, 0.5) is 0 Å². The summed E-state index contributed by atoms with van der Waals surface area (Å²) in [5.41, 5.74) is 6.91. The summed E-state index contributed by atoms with van der Waals surface area (Å²) in [6, 6.07) is 4.25. The second-order valence-electron chi connectivity index (χ2n) is 4.46. The fourth-order valence-corrected chi connectivity index (χ4v) is 2.43. The monoisotopic (exact) mass is 238 g/mol. The Balaban J connectivity index is 2.45. The Morgan fingerprint density at radius 1 is 1.38 bits per heavy atom. The second kappa shape index (κ2) is 6.92. The molecule has 16 heavy (non-hydrogen) atoms. The topological polar surface area (TPSA) is 38.9 Å². The molecule has 0 aliphatic heterocycles. The number of nitrogens with zero attached hydrogens (tertiary/aromatic N) is 1. The lowest BCUT2D eigenvalue weighted by Gasteiger charge is -2.09. The van der Waals surface area contributed by atoms with Gasteiger partial charge in [0.25, 0.3) is 0 Å². The van der Waals surface area contributed by atoms with Crippen LogP contribution in [-0.2, 0) is 0 Å². The summed E-state index contributed by atoms with van der Waals surface area (Å²) in [6.45, 7) is 6.59. The molecule has 0 unspecified atom stereocenters. The zero-order chi connectivity index (χ0) is 12.0. The highest BCUT2D eigenvalue weighted by molar-refractivity contribution is 7.99. The van der Waals surface area contributed by atoms with Gasteiger partial charge in [0.1, 0.15) is 0 Å². The highest BCUT2D eigenvalue weighted by Gasteiger charge is 2.04. The number of pyridine rings is 1. The second-order valence-corrected chi connectivity index (χ2v) is 5.63. The minimum absolute atomic E-state index is 0.0784. The average molecular weight is 238 g/mol. The first-order valence-corrected chi connectivity index (χ1v) is 6.96. The van der Waals surface area contributed by atoms with Gasteiger partial charge in [-0.05, 0) is 36.6 Å². The van der Waals surface area contributed by atoms with Crippen molar-refractivity contribution in [3.8, 4) is 0 Å². The molecular formula is C13H22N2S. The lowest BCUT2D eigenvalue weighted by atomic mass is 10.1. The molecule has 0 fully saturated rings. The lowest BCUT2D eigenvalue weighted by molar-refractivity contribution is 0.632. The third-order valence-electron chi connectivity index (χ3n) is 2.54. The van der Waals surface area contributed by atoms with E-state index in [-0.39, 0.29) is 6.04 Å². The van der Waals surface area contributed by atoms with Crippen LogP contribution in [0.3, 0.4) is 0 Å². The van der Waals surface area contributed by atoms with E-state index < -0.39 is 0 Å². The Bertz CT molecular complexity index is 295. The van der Waals surface area contributed by atoms with Crippen molar-refractivity contribution in [2.75, 3.05) is 5.75 Å². The smallest absolute Gasteiger partial charge is 0.0571 e. The quantitative estimate of drug-likeness (QED) is 0.769. The average Bonchev–Trinajstić information content (AvgIpc) is 2.28. The minimum atomic E-state index is 0.0784. The van der Waals surface area contributed by atoms with Gasteiger partial charge in [-0.1, -0.05) is 20.8 Å². The molecule has 2 nitrogen and oxygen atoms in total. The number of nitrogens with two attached hydrogens (primary N) is 1. The fraction of sp³-hybridized carbons (Fsp3) is 0.615. The van der Waals surface area contributed by atoms with Crippen LogP contribution in [0.15, 0.2) is 23.2 Å². The standard InChI is InChI=1S/C13H22N2S/c1-4-12(14)13-6-5-11(9-15-13)16-8-7-10(2)3/h5-6,9-10,12H,4,7-8,14H2,1-3H3/t12-/m1/s1. The van der Waals surface area contributed by atoms with Gasteiger partial charge in [0.15, 0.2) is 0 Å². The summed E-state index contributed by atoms with van der Waals surface area (Å²) in [6.07, 6.45) is 4.13. The molecule has 0 bridgehead atoms. The SMILES string of the molecule is CC[C@@H](N)c1ccc(SCCC(C)C)cn1. The van der Waals surface area contributed by atoms with E-state index in [1.54, 1.807) is 0 Å². The van der Waals surface area contributed by atoms with Crippen molar-refractivity contribution in [1.82, 2.24) is 4.98 Å². The van der Waals surface area contributed by atoms with Crippen LogP contribution in [0.25, 0.3) is 0 Å². The summed E-state index contributed by atoms with van der Waals surface area (Å²) in [7, 11) is 0. The van der Waals surface area contributed by atoms with Gasteiger partial charge in [-0.15, -0.1) is 11.8 Å². The molecule has 1 aromatic rings. The van der Waals surface area contributed by atoms with Crippen molar-refractivity contribution in [1.29, 1.82) is 0 Å². The Labute approximate surface area is 103 Å². The molecule has 0 aromatic carbocycles. The van der Waals surface area contributed by atoms with Crippen LogP contribution >= 0.6 is 11.8 Å². The number of thioether (sulfide) groups is 1. The van der Waals surface area contributed by atoms with Gasteiger partial charge in [-0.2, -0.15) is 0 Å². The highest BCUT2D eigenvalue weighted by Crippen LogP contribution is 2.21. The summed E-state index contributed by atoms with van der Waals surface area (Å²) in [4.78, 5) is 5.64. The number of hydrogen-bond donors (Lipinski definition) is 1. The molecule has 1 atom stereocenters. The molecule has 0 aliphatic rings. The van der Waals surface area contributed by atoms with Gasteiger partial charge in [0.2, 0.25) is 0 Å². The molecule has 0 radical (unpaired) electrons. The van der Waals surface area contributed by atoms with Crippen molar-refractivity contribution in [3.05, 3.63) is 24.0 Å². The Hall–Kier alpha value is -0.540. The lowest BCUT2D eigenvalue weighted by Crippen LogP contribution is -2.10. The number of rotatable bonds is 6. The molecule has 0 spiro atoms. The van der Waals surface area contributed by atoms with Gasteiger partial charge in [0, 0.05) is 17.1 Å². The summed E-state index contributed by atoms with van der Waals surface area (Å²) in [5, 5.41) is 0. The number of aromatic nitrogens is 1. The van der Waals surface area contributed by atoms with E-state index in [1.165, 1.54) is 17.1 Å². The van der Waals surface area contributed by atoms with Gasteiger partial charge < -0.3 is 5.73 Å². The third kappa shape index (κ3) is 4.54. The molecule has 1 heterocycles. The van der Waals surface area contributed by atoms with E-state index >= 15 is 0 Å². The van der Waals surface area contributed by atoms with Gasteiger partial charge >= 0.3 is 0 Å². The predicted octanol–water partition coefficient (Wildman–Crippen LogP) is 3.63. The van der Waals surface area contributed by atoms with Crippen molar-refractivity contribution in [3.63, 3.8) is 0 Å². The Morgan fingerprint density at radius 2 is 2.12 bits per heavy atom. The van der Waals surface area contributed by atoms with Gasteiger partial charge in [-0.25, -0.2) is 0 Å². The largest absolute Gasteiger partial charge is 0.323 e. The summed E-state index contributed by atoms with van der Waals surface area (Å²) < 4.78 is 0. The summed E-state index contributed by atoms with van der Waals surface area (Å²) in [5.74, 6) is 1.94. The van der Waals surface area contributed by atoms with Gasteiger partial charge in [-0.3, -0.25) is 4.98 Å². The van der Waals surface area contributed by atoms with Crippen LogP contribution in [0, 0.1) is 5.92 Å². The molecule has 0 amide bonds. The number of hydrogen-bond acceptors (Lipinski definition) is 3. The normalized spacial score (nSPS) is 13.1. The third-order valence-corrected chi connectivity index (χ3v) is 3.56. The molecular weight excluding hydrogens is 216 g/mol. The maximum absolute atomic E-state index is 5.91. The first-order chi connectivity index (χ1) is 7.63. The van der Waals surface area contributed by atoms with E-state index in [2.05, 4.69) is 31.8 Å². The van der Waals surface area contributed by atoms with Crippen LogP contribution in [0.5, 0.6) is 0 Å². The maximum Gasteiger partial charge on any atom is 0.0571 e. The Morgan fingerprint density at radius 3 is 2.62 bits per heavy atom. The predicted molar refractivity (Wildman–Crippen MR) is 71.6 cm³/mol. The van der Waals surface area contributed by atoms with E-state index in [0.717, 1.165) is 18.0 Å². The van der Waals surface area contributed by atoms with E-state index in [4.69, 9.17) is 5.73 Å². The first-order valence-electron chi connectivity index (χ1n) is 5.97. The van der Waals surface area contributed by atoms with Crippen LogP contribution in [0.1, 0.15) is 45.3 Å². The molecule has 90 valence electrons. The maximum atomic E-state index is 5.91. The van der Waals surface area contributed by atoms with E-state index in [0.29, 0.717) is 0 Å². The Kier molecular flexibility index (Phi) is 5.85. The van der Waals surface area contributed by atoms with Crippen molar-refractivity contribution in [2.24, 2.45) is 11.7 Å². The zero-order valence-corrected chi connectivity index (χ0v) is 11.3. The fourth-order valence-electron chi connectivity index (χ4n) is 1.32. The molecule has 0 saturated carbocycles. The molecule has 2 N–H and O–H groups in total. The van der Waals surface area contributed by atoms with E-state index in [9.17, 15) is 0 Å². The van der Waals surface area contributed by atoms with Crippen molar-refractivity contribution >= 4 is 11.8 Å². The van der Waals surface area contributed by atoms with Crippen molar-refractivity contribution in [2.45, 2.75) is 44.6 Å². The zero-order valence-electron chi connectivity index (χ0n) is 10.4. The molecule has 0 aliphatic carbocycles. The summed E-state index contributed by atoms with van der Waals surface area (Å²) >= 11 is 1.87. The van der Waals surface area contributed by atoms with Crippen LogP contribution in [0.2, 0.25) is 0 Å². The molecule has 1 rings (SSSR count). The first kappa shape index (κ1) is 13.5. The van der Waals surface area contributed by atoms with Gasteiger partial charge in [0.05, 0.1) is 5.69 Å². The highest BCUT2D eigenvalue weighted by atomic mass is 32.2. The van der Waals surface area contributed by atoms with Crippen LogP contribution < -0.4 is 5.73 Å². The minimum Gasteiger partial charge on any atom is -0.323 e. The molecule has 3 heteroatoms.